The van der Waals surface area contributed by atoms with Gasteiger partial charge in [-0.05, 0) is 30.0 Å². The number of rotatable bonds is 2. The van der Waals surface area contributed by atoms with E-state index in [9.17, 15) is 9.59 Å². The Morgan fingerprint density at radius 2 is 2.10 bits per heavy atom. The molecule has 1 fully saturated rings. The summed E-state index contributed by atoms with van der Waals surface area (Å²) in [6.07, 6.45) is 0.695. The van der Waals surface area contributed by atoms with Crippen molar-refractivity contribution in [3.8, 4) is 6.07 Å². The molecule has 1 heterocycles. The molecular formula is C16H19N3O2. The predicted molar refractivity (Wildman–Crippen MR) is 79.6 cm³/mol. The molecule has 1 aromatic carbocycles. The molecule has 1 aromatic rings. The summed E-state index contributed by atoms with van der Waals surface area (Å²) in [6, 6.07) is 8.11. The van der Waals surface area contributed by atoms with Crippen LogP contribution in [0.1, 0.15) is 32.8 Å². The Labute approximate surface area is 124 Å². The van der Waals surface area contributed by atoms with Gasteiger partial charge in [-0.15, -0.1) is 0 Å². The van der Waals surface area contributed by atoms with Crippen LogP contribution in [0.3, 0.4) is 0 Å². The molecule has 1 unspecified atom stereocenters. The lowest BCUT2D eigenvalue weighted by Crippen LogP contribution is -2.55. The van der Waals surface area contributed by atoms with E-state index >= 15 is 0 Å². The van der Waals surface area contributed by atoms with Gasteiger partial charge in [0.25, 0.3) is 0 Å². The van der Waals surface area contributed by atoms with Crippen molar-refractivity contribution in [2.24, 2.45) is 11.3 Å². The third kappa shape index (κ3) is 3.40. The molecule has 3 amide bonds. The Morgan fingerprint density at radius 1 is 1.38 bits per heavy atom. The quantitative estimate of drug-likeness (QED) is 0.907. The number of carbonyl (C=O) groups excluding carboxylic acids is 2. The highest BCUT2D eigenvalue weighted by Gasteiger charge is 2.37. The largest absolute Gasteiger partial charge is 0.337 e. The van der Waals surface area contributed by atoms with E-state index in [2.05, 4.69) is 26.1 Å². The van der Waals surface area contributed by atoms with Crippen molar-refractivity contribution < 1.29 is 9.59 Å². The van der Waals surface area contributed by atoms with Crippen molar-refractivity contribution in [2.75, 3.05) is 11.4 Å². The Bertz CT molecular complexity index is 611. The van der Waals surface area contributed by atoms with Crippen molar-refractivity contribution in [1.82, 2.24) is 5.32 Å². The summed E-state index contributed by atoms with van der Waals surface area (Å²) in [5.74, 6) is -0.447. The van der Waals surface area contributed by atoms with Gasteiger partial charge in [0.15, 0.2) is 0 Å². The van der Waals surface area contributed by atoms with E-state index in [0.717, 1.165) is 4.90 Å². The number of nitrogens with zero attached hydrogens (tertiary/aromatic N) is 2. The summed E-state index contributed by atoms with van der Waals surface area (Å²) in [7, 11) is 0. The molecule has 2 rings (SSSR count). The zero-order valence-electron chi connectivity index (χ0n) is 12.5. The maximum absolute atomic E-state index is 12.6. The van der Waals surface area contributed by atoms with E-state index in [-0.39, 0.29) is 17.2 Å². The number of benzene rings is 1. The number of hydrogen-bond donors (Lipinski definition) is 1. The molecule has 1 N–H and O–H groups in total. The van der Waals surface area contributed by atoms with Crippen LogP contribution in [0.5, 0.6) is 0 Å². The topological polar surface area (TPSA) is 73.2 Å². The van der Waals surface area contributed by atoms with Gasteiger partial charge in [0, 0.05) is 6.54 Å². The maximum Gasteiger partial charge on any atom is 0.328 e. The van der Waals surface area contributed by atoms with E-state index in [0.29, 0.717) is 24.2 Å². The third-order valence-electron chi connectivity index (χ3n) is 3.36. The fourth-order valence-corrected chi connectivity index (χ4v) is 2.52. The summed E-state index contributed by atoms with van der Waals surface area (Å²) < 4.78 is 0. The second kappa shape index (κ2) is 5.57. The fourth-order valence-electron chi connectivity index (χ4n) is 2.52. The first-order valence-electron chi connectivity index (χ1n) is 6.94. The molecule has 0 saturated carbocycles. The molecule has 110 valence electrons. The van der Waals surface area contributed by atoms with Gasteiger partial charge in [0.2, 0.25) is 5.91 Å². The summed E-state index contributed by atoms with van der Waals surface area (Å²) in [4.78, 5) is 25.8. The number of imide groups is 1. The second-order valence-corrected chi connectivity index (χ2v) is 6.48. The molecule has 0 aliphatic carbocycles. The average Bonchev–Trinajstić information content (AvgIpc) is 2.41. The van der Waals surface area contributed by atoms with Crippen molar-refractivity contribution in [3.05, 3.63) is 29.8 Å². The Morgan fingerprint density at radius 3 is 2.71 bits per heavy atom. The average molecular weight is 285 g/mol. The first-order valence-corrected chi connectivity index (χ1v) is 6.94. The monoisotopic (exact) mass is 285 g/mol. The molecule has 1 aliphatic rings. The van der Waals surface area contributed by atoms with E-state index in [1.165, 1.54) is 0 Å². The molecule has 1 saturated heterocycles. The van der Waals surface area contributed by atoms with Crippen molar-refractivity contribution in [1.29, 1.82) is 5.26 Å². The van der Waals surface area contributed by atoms with Gasteiger partial charge in [-0.3, -0.25) is 4.79 Å². The minimum absolute atomic E-state index is 0.00255. The van der Waals surface area contributed by atoms with Crippen LogP contribution in [0.2, 0.25) is 0 Å². The van der Waals surface area contributed by atoms with Crippen LogP contribution in [0.25, 0.3) is 0 Å². The molecule has 5 heteroatoms. The Balaban J connectivity index is 2.30. The minimum atomic E-state index is -0.430. The van der Waals surface area contributed by atoms with Crippen LogP contribution in [0.4, 0.5) is 10.5 Å². The van der Waals surface area contributed by atoms with Gasteiger partial charge >= 0.3 is 6.03 Å². The lowest BCUT2D eigenvalue weighted by molar-refractivity contribution is -0.123. The molecule has 5 nitrogen and oxygen atoms in total. The predicted octanol–water partition coefficient (Wildman–Crippen LogP) is 2.67. The maximum atomic E-state index is 12.6. The molecule has 1 aliphatic heterocycles. The van der Waals surface area contributed by atoms with Gasteiger partial charge < -0.3 is 5.32 Å². The zero-order valence-corrected chi connectivity index (χ0v) is 12.5. The van der Waals surface area contributed by atoms with Crippen LogP contribution in [0.15, 0.2) is 24.3 Å². The smallest absolute Gasteiger partial charge is 0.328 e. The summed E-state index contributed by atoms with van der Waals surface area (Å²) >= 11 is 0. The van der Waals surface area contributed by atoms with E-state index < -0.39 is 6.03 Å². The van der Waals surface area contributed by atoms with Crippen molar-refractivity contribution >= 4 is 17.6 Å². The number of nitriles is 1. The van der Waals surface area contributed by atoms with E-state index in [4.69, 9.17) is 5.26 Å². The lowest BCUT2D eigenvalue weighted by Gasteiger charge is -2.34. The van der Waals surface area contributed by atoms with E-state index in [1.807, 2.05) is 6.07 Å². The van der Waals surface area contributed by atoms with E-state index in [1.54, 1.807) is 24.3 Å². The molecular weight excluding hydrogens is 266 g/mol. The third-order valence-corrected chi connectivity index (χ3v) is 3.36. The number of amides is 3. The highest BCUT2D eigenvalue weighted by Crippen LogP contribution is 2.29. The Hall–Kier alpha value is -2.35. The molecule has 0 radical (unpaired) electrons. The lowest BCUT2D eigenvalue weighted by atomic mass is 9.83. The van der Waals surface area contributed by atoms with Gasteiger partial charge in [-0.25, -0.2) is 9.69 Å². The highest BCUT2D eigenvalue weighted by atomic mass is 16.2. The molecule has 0 aromatic heterocycles. The van der Waals surface area contributed by atoms with Crippen LogP contribution in [-0.4, -0.2) is 18.5 Å². The first-order chi connectivity index (χ1) is 9.81. The summed E-state index contributed by atoms with van der Waals surface area (Å²) in [6.45, 7) is 6.56. The molecule has 1 atom stereocenters. The summed E-state index contributed by atoms with van der Waals surface area (Å²) in [5.41, 5.74) is 0.865. The number of carbonyl (C=O) groups is 2. The molecule has 0 spiro atoms. The number of anilines is 1. The number of hydrogen-bond acceptors (Lipinski definition) is 3. The number of urea groups is 1. The second-order valence-electron chi connectivity index (χ2n) is 6.48. The fraction of sp³-hybridized carbons (Fsp3) is 0.438. The molecule has 21 heavy (non-hydrogen) atoms. The van der Waals surface area contributed by atoms with Crippen molar-refractivity contribution in [3.63, 3.8) is 0 Å². The standard InChI is InChI=1S/C16H19N3O2/c1-16(2,3)8-12-10-18-15(21)19(14(12)20)13-6-4-5-11(7-13)9-17/h4-7,12H,8,10H2,1-3H3,(H,18,21). The summed E-state index contributed by atoms with van der Waals surface area (Å²) in [5, 5.41) is 11.7. The normalized spacial score (nSPS) is 19.1. The zero-order chi connectivity index (χ0) is 15.6. The highest BCUT2D eigenvalue weighted by molar-refractivity contribution is 6.16. The molecule has 0 bridgehead atoms. The van der Waals surface area contributed by atoms with Gasteiger partial charge in [-0.2, -0.15) is 5.26 Å². The SMILES string of the molecule is CC(C)(C)CC1CNC(=O)N(c2cccc(C#N)c2)C1=O. The van der Waals surface area contributed by atoms with Crippen LogP contribution in [-0.2, 0) is 4.79 Å². The van der Waals surface area contributed by atoms with Crippen LogP contribution < -0.4 is 10.2 Å². The van der Waals surface area contributed by atoms with Crippen molar-refractivity contribution in [2.45, 2.75) is 27.2 Å². The minimum Gasteiger partial charge on any atom is -0.337 e. The van der Waals surface area contributed by atoms with Gasteiger partial charge in [0.1, 0.15) is 0 Å². The van der Waals surface area contributed by atoms with Gasteiger partial charge in [-0.1, -0.05) is 26.8 Å². The van der Waals surface area contributed by atoms with Gasteiger partial charge in [0.05, 0.1) is 23.2 Å². The number of nitrogens with one attached hydrogen (secondary N) is 1. The Kier molecular flexibility index (Phi) is 3.99. The van der Waals surface area contributed by atoms with Crippen LogP contribution >= 0.6 is 0 Å². The van der Waals surface area contributed by atoms with Crippen LogP contribution in [0, 0.1) is 22.7 Å². The first kappa shape index (κ1) is 15.0.